The number of rotatable bonds is 10. The molecule has 1 saturated heterocycles. The van der Waals surface area contributed by atoms with Gasteiger partial charge < -0.3 is 25.1 Å². The average Bonchev–Trinajstić information content (AvgIpc) is 3.37. The van der Waals surface area contributed by atoms with Gasteiger partial charge in [0.1, 0.15) is 11.5 Å². The topological polar surface area (TPSA) is 91.1 Å². The zero-order valence-electron chi connectivity index (χ0n) is 19.5. The molecule has 1 aliphatic heterocycles. The standard InChI is InChI=1S/C24H35N5O3.HI/c1-3-25-24(27-14-13-26-23(30)19-9-11-20(31-2)12-10-19)28-18-21(22-8-7-17-32-22)29-15-5-4-6-16-29;/h7-12,17,21H,3-6,13-16,18H2,1-2H3,(H,26,30)(H2,25,27,28);1H. The average molecular weight is 569 g/mol. The first-order valence-corrected chi connectivity index (χ1v) is 11.4. The Morgan fingerprint density at radius 2 is 1.82 bits per heavy atom. The van der Waals surface area contributed by atoms with Crippen molar-refractivity contribution in [3.05, 3.63) is 54.0 Å². The highest BCUT2D eigenvalue weighted by atomic mass is 127. The third-order valence-electron chi connectivity index (χ3n) is 5.52. The molecular weight excluding hydrogens is 533 g/mol. The van der Waals surface area contributed by atoms with Gasteiger partial charge in [-0.15, -0.1) is 24.0 Å². The fraction of sp³-hybridized carbons (Fsp3) is 0.500. The number of carbonyl (C=O) groups is 1. The van der Waals surface area contributed by atoms with Crippen molar-refractivity contribution >= 4 is 35.8 Å². The second-order valence-electron chi connectivity index (χ2n) is 7.76. The minimum atomic E-state index is -0.112. The fourth-order valence-electron chi connectivity index (χ4n) is 3.82. The fourth-order valence-corrected chi connectivity index (χ4v) is 3.82. The summed E-state index contributed by atoms with van der Waals surface area (Å²) in [5.74, 6) is 2.31. The molecule has 1 aliphatic rings. The summed E-state index contributed by atoms with van der Waals surface area (Å²) in [6.45, 7) is 6.62. The van der Waals surface area contributed by atoms with Crippen LogP contribution in [0.15, 0.2) is 52.1 Å². The van der Waals surface area contributed by atoms with E-state index >= 15 is 0 Å². The number of methoxy groups -OCH3 is 1. The Morgan fingerprint density at radius 1 is 1.09 bits per heavy atom. The molecule has 182 valence electrons. The number of hydrogen-bond acceptors (Lipinski definition) is 5. The molecule has 0 saturated carbocycles. The van der Waals surface area contributed by atoms with E-state index in [4.69, 9.17) is 14.1 Å². The molecular formula is C24H36IN5O3. The number of aliphatic imine (C=N–C) groups is 1. The van der Waals surface area contributed by atoms with E-state index in [1.807, 2.05) is 19.1 Å². The molecule has 1 unspecified atom stereocenters. The molecule has 1 fully saturated rings. The van der Waals surface area contributed by atoms with Gasteiger partial charge in [0.2, 0.25) is 0 Å². The molecule has 3 rings (SSSR count). The minimum Gasteiger partial charge on any atom is -0.497 e. The van der Waals surface area contributed by atoms with Crippen LogP contribution in [0, 0.1) is 0 Å². The minimum absolute atomic E-state index is 0. The Labute approximate surface area is 213 Å². The zero-order valence-corrected chi connectivity index (χ0v) is 21.8. The summed E-state index contributed by atoms with van der Waals surface area (Å²) in [7, 11) is 1.60. The molecule has 8 nitrogen and oxygen atoms in total. The van der Waals surface area contributed by atoms with Crippen molar-refractivity contribution in [1.29, 1.82) is 0 Å². The molecule has 0 radical (unpaired) electrons. The van der Waals surface area contributed by atoms with E-state index in [0.29, 0.717) is 25.2 Å². The number of benzene rings is 1. The van der Waals surface area contributed by atoms with Gasteiger partial charge in [0.25, 0.3) is 5.91 Å². The summed E-state index contributed by atoms with van der Waals surface area (Å²) >= 11 is 0. The highest BCUT2D eigenvalue weighted by Crippen LogP contribution is 2.25. The lowest BCUT2D eigenvalue weighted by molar-refractivity contribution is 0.0954. The van der Waals surface area contributed by atoms with Gasteiger partial charge in [0.05, 0.1) is 26.0 Å². The van der Waals surface area contributed by atoms with Gasteiger partial charge in [0.15, 0.2) is 5.96 Å². The van der Waals surface area contributed by atoms with E-state index in [2.05, 4.69) is 20.9 Å². The Bertz CT molecular complexity index is 836. The van der Waals surface area contributed by atoms with Crippen LogP contribution in [0.2, 0.25) is 0 Å². The van der Waals surface area contributed by atoms with Crippen LogP contribution in [-0.4, -0.2) is 63.1 Å². The first-order valence-electron chi connectivity index (χ1n) is 11.4. The number of piperidine rings is 1. The summed E-state index contributed by atoms with van der Waals surface area (Å²) in [6.07, 6.45) is 5.45. The SMILES string of the molecule is CCNC(=NCC(c1ccco1)N1CCCCC1)NCCNC(=O)c1ccc(OC)cc1.I. The number of hydrogen-bond donors (Lipinski definition) is 3. The van der Waals surface area contributed by atoms with Crippen molar-refractivity contribution < 1.29 is 13.9 Å². The smallest absolute Gasteiger partial charge is 0.251 e. The van der Waals surface area contributed by atoms with Crippen molar-refractivity contribution in [3.8, 4) is 5.75 Å². The first-order chi connectivity index (χ1) is 15.7. The van der Waals surface area contributed by atoms with Crippen LogP contribution in [0.1, 0.15) is 48.3 Å². The highest BCUT2D eigenvalue weighted by molar-refractivity contribution is 14.0. The molecule has 1 atom stereocenters. The second-order valence-corrected chi connectivity index (χ2v) is 7.76. The predicted octanol–water partition coefficient (Wildman–Crippen LogP) is 3.42. The van der Waals surface area contributed by atoms with Crippen LogP contribution in [-0.2, 0) is 0 Å². The van der Waals surface area contributed by atoms with E-state index < -0.39 is 0 Å². The number of ether oxygens (including phenoxy) is 1. The second kappa shape index (κ2) is 14.8. The summed E-state index contributed by atoms with van der Waals surface area (Å²) in [4.78, 5) is 19.6. The third-order valence-corrected chi connectivity index (χ3v) is 5.52. The molecule has 0 aliphatic carbocycles. The maximum absolute atomic E-state index is 12.3. The Morgan fingerprint density at radius 3 is 2.45 bits per heavy atom. The zero-order chi connectivity index (χ0) is 22.6. The van der Waals surface area contributed by atoms with Crippen molar-refractivity contribution in [2.75, 3.05) is 46.4 Å². The van der Waals surface area contributed by atoms with Gasteiger partial charge in [-0.3, -0.25) is 14.7 Å². The van der Waals surface area contributed by atoms with Crippen molar-refractivity contribution in [3.63, 3.8) is 0 Å². The Hall–Kier alpha value is -2.27. The maximum atomic E-state index is 12.3. The predicted molar refractivity (Wildman–Crippen MR) is 142 cm³/mol. The largest absolute Gasteiger partial charge is 0.497 e. The highest BCUT2D eigenvalue weighted by Gasteiger charge is 2.24. The molecule has 0 spiro atoms. The third kappa shape index (κ3) is 8.54. The van der Waals surface area contributed by atoms with Crippen molar-refractivity contribution in [2.24, 2.45) is 4.99 Å². The monoisotopic (exact) mass is 569 g/mol. The lowest BCUT2D eigenvalue weighted by Gasteiger charge is -2.32. The summed E-state index contributed by atoms with van der Waals surface area (Å²) in [5, 5.41) is 9.51. The van der Waals surface area contributed by atoms with Crippen LogP contribution >= 0.6 is 24.0 Å². The van der Waals surface area contributed by atoms with Crippen LogP contribution < -0.4 is 20.7 Å². The Kier molecular flexibility index (Phi) is 12.1. The first kappa shape index (κ1) is 27.0. The van der Waals surface area contributed by atoms with E-state index in [-0.39, 0.29) is 35.9 Å². The van der Waals surface area contributed by atoms with E-state index in [1.165, 1.54) is 19.3 Å². The summed E-state index contributed by atoms with van der Waals surface area (Å²) in [5.41, 5.74) is 0.606. The maximum Gasteiger partial charge on any atom is 0.251 e. The molecule has 0 bridgehead atoms. The van der Waals surface area contributed by atoms with Gasteiger partial charge in [-0.2, -0.15) is 0 Å². The molecule has 1 amide bonds. The lowest BCUT2D eigenvalue weighted by atomic mass is 10.1. The van der Waals surface area contributed by atoms with Crippen LogP contribution in [0.5, 0.6) is 5.75 Å². The quantitative estimate of drug-likeness (QED) is 0.176. The van der Waals surface area contributed by atoms with E-state index in [9.17, 15) is 4.79 Å². The normalized spacial score (nSPS) is 15.3. The van der Waals surface area contributed by atoms with Crippen LogP contribution in [0.25, 0.3) is 0 Å². The molecule has 33 heavy (non-hydrogen) atoms. The van der Waals surface area contributed by atoms with Gasteiger partial charge in [0, 0.05) is 25.2 Å². The van der Waals surface area contributed by atoms with E-state index in [1.54, 1.807) is 37.6 Å². The lowest BCUT2D eigenvalue weighted by Crippen LogP contribution is -2.42. The number of furan rings is 1. The molecule has 9 heteroatoms. The molecule has 1 aromatic carbocycles. The number of halogens is 1. The number of amides is 1. The number of nitrogens with zero attached hydrogens (tertiary/aromatic N) is 2. The number of guanidine groups is 1. The van der Waals surface area contributed by atoms with E-state index in [0.717, 1.165) is 37.1 Å². The van der Waals surface area contributed by atoms with Crippen LogP contribution in [0.4, 0.5) is 0 Å². The van der Waals surface area contributed by atoms with Crippen molar-refractivity contribution in [2.45, 2.75) is 32.2 Å². The molecule has 2 heterocycles. The molecule has 2 aromatic rings. The Balaban J connectivity index is 0.00000385. The number of nitrogens with one attached hydrogen (secondary N) is 3. The van der Waals surface area contributed by atoms with Gasteiger partial charge in [-0.25, -0.2) is 0 Å². The number of carbonyl (C=O) groups excluding carboxylic acids is 1. The van der Waals surface area contributed by atoms with Crippen LogP contribution in [0.3, 0.4) is 0 Å². The van der Waals surface area contributed by atoms with Gasteiger partial charge in [-0.05, 0) is 69.3 Å². The van der Waals surface area contributed by atoms with Gasteiger partial charge >= 0.3 is 0 Å². The van der Waals surface area contributed by atoms with Crippen molar-refractivity contribution in [1.82, 2.24) is 20.9 Å². The molecule has 1 aromatic heterocycles. The summed E-state index contributed by atoms with van der Waals surface area (Å²) < 4.78 is 10.8. The number of likely N-dealkylation sites (tertiary alicyclic amines) is 1. The molecule has 3 N–H and O–H groups in total. The van der Waals surface area contributed by atoms with Gasteiger partial charge in [-0.1, -0.05) is 6.42 Å². The summed E-state index contributed by atoms with van der Waals surface area (Å²) in [6, 6.07) is 11.2.